The number of rotatable bonds is 3. The van der Waals surface area contributed by atoms with E-state index in [9.17, 15) is 0 Å². The SMILES string of the molecule is Cl.NCC1CC(CO)CC(CO)C1. The molecular weight excluding hydrogens is 190 g/mol. The highest BCUT2D eigenvalue weighted by Crippen LogP contribution is 2.32. The number of hydrogen-bond donors (Lipinski definition) is 3. The van der Waals surface area contributed by atoms with Crippen molar-refractivity contribution in [2.45, 2.75) is 19.3 Å². The minimum absolute atomic E-state index is 0. The number of aliphatic hydroxyl groups excluding tert-OH is 2. The summed E-state index contributed by atoms with van der Waals surface area (Å²) in [6.07, 6.45) is 3.02. The van der Waals surface area contributed by atoms with Gasteiger partial charge in [-0.05, 0) is 43.6 Å². The lowest BCUT2D eigenvalue weighted by molar-refractivity contribution is 0.0927. The summed E-state index contributed by atoms with van der Waals surface area (Å²) in [5.41, 5.74) is 5.57. The van der Waals surface area contributed by atoms with Crippen LogP contribution in [0.4, 0.5) is 0 Å². The average molecular weight is 210 g/mol. The van der Waals surface area contributed by atoms with Gasteiger partial charge in [0.1, 0.15) is 0 Å². The molecule has 0 aromatic heterocycles. The minimum Gasteiger partial charge on any atom is -0.396 e. The van der Waals surface area contributed by atoms with Gasteiger partial charge >= 0.3 is 0 Å². The second kappa shape index (κ2) is 6.60. The molecule has 4 heteroatoms. The molecule has 0 saturated heterocycles. The van der Waals surface area contributed by atoms with Crippen molar-refractivity contribution in [1.82, 2.24) is 0 Å². The first-order valence-electron chi connectivity index (χ1n) is 4.71. The third-order valence-corrected chi connectivity index (χ3v) is 2.85. The normalized spacial score (nSPS) is 33.9. The molecular formula is C9H20ClNO2. The number of nitrogens with two attached hydrogens (primary N) is 1. The molecule has 1 aliphatic carbocycles. The molecule has 0 aromatic rings. The molecule has 0 heterocycles. The standard InChI is InChI=1S/C9H19NO2.ClH/c10-4-7-1-8(5-11)3-9(2-7)6-12;/h7-9,11-12H,1-6,10H2;1H. The van der Waals surface area contributed by atoms with Crippen molar-refractivity contribution < 1.29 is 10.2 Å². The molecule has 0 bridgehead atoms. The van der Waals surface area contributed by atoms with E-state index in [1.165, 1.54) is 0 Å². The van der Waals surface area contributed by atoms with E-state index >= 15 is 0 Å². The van der Waals surface area contributed by atoms with E-state index < -0.39 is 0 Å². The Hall–Kier alpha value is 0.170. The van der Waals surface area contributed by atoms with Gasteiger partial charge in [0.2, 0.25) is 0 Å². The van der Waals surface area contributed by atoms with Gasteiger partial charge in [0, 0.05) is 13.2 Å². The summed E-state index contributed by atoms with van der Waals surface area (Å²) in [5.74, 6) is 1.24. The van der Waals surface area contributed by atoms with E-state index in [4.69, 9.17) is 15.9 Å². The molecule has 1 rings (SSSR count). The first-order chi connectivity index (χ1) is 5.80. The zero-order valence-corrected chi connectivity index (χ0v) is 8.67. The van der Waals surface area contributed by atoms with Crippen LogP contribution in [0.2, 0.25) is 0 Å². The lowest BCUT2D eigenvalue weighted by atomic mass is 9.76. The van der Waals surface area contributed by atoms with Crippen molar-refractivity contribution in [2.24, 2.45) is 23.5 Å². The van der Waals surface area contributed by atoms with Gasteiger partial charge in [-0.2, -0.15) is 0 Å². The maximum Gasteiger partial charge on any atom is 0.0459 e. The Labute approximate surface area is 85.7 Å². The van der Waals surface area contributed by atoms with Crippen molar-refractivity contribution in [3.05, 3.63) is 0 Å². The second-order valence-electron chi connectivity index (χ2n) is 3.91. The van der Waals surface area contributed by atoms with E-state index in [0.717, 1.165) is 19.3 Å². The average Bonchev–Trinajstić information content (AvgIpc) is 2.16. The topological polar surface area (TPSA) is 66.5 Å². The van der Waals surface area contributed by atoms with Crippen LogP contribution >= 0.6 is 12.4 Å². The van der Waals surface area contributed by atoms with Gasteiger partial charge in [0.05, 0.1) is 0 Å². The number of halogens is 1. The van der Waals surface area contributed by atoms with Crippen molar-refractivity contribution in [3.8, 4) is 0 Å². The van der Waals surface area contributed by atoms with E-state index in [1.54, 1.807) is 0 Å². The molecule has 4 N–H and O–H groups in total. The fraction of sp³-hybridized carbons (Fsp3) is 1.00. The number of hydrogen-bond acceptors (Lipinski definition) is 3. The fourth-order valence-corrected chi connectivity index (χ4v) is 2.19. The molecule has 13 heavy (non-hydrogen) atoms. The summed E-state index contributed by atoms with van der Waals surface area (Å²) in [6.45, 7) is 1.17. The lowest BCUT2D eigenvalue weighted by Gasteiger charge is -2.32. The molecule has 2 atom stereocenters. The number of aliphatic hydroxyl groups is 2. The van der Waals surface area contributed by atoms with E-state index in [0.29, 0.717) is 24.3 Å². The Bertz CT molecular complexity index is 105. The van der Waals surface area contributed by atoms with Crippen molar-refractivity contribution in [2.75, 3.05) is 19.8 Å². The quantitative estimate of drug-likeness (QED) is 0.630. The Morgan fingerprint density at radius 1 is 0.923 bits per heavy atom. The first kappa shape index (κ1) is 13.2. The van der Waals surface area contributed by atoms with Crippen LogP contribution in [0.15, 0.2) is 0 Å². The maximum absolute atomic E-state index is 9.00. The third kappa shape index (κ3) is 3.81. The van der Waals surface area contributed by atoms with Gasteiger partial charge in [0.15, 0.2) is 0 Å². The summed E-state index contributed by atoms with van der Waals surface area (Å²) < 4.78 is 0. The van der Waals surface area contributed by atoms with Crippen LogP contribution in [-0.4, -0.2) is 30.0 Å². The summed E-state index contributed by atoms with van der Waals surface area (Å²) in [6, 6.07) is 0. The fourth-order valence-electron chi connectivity index (χ4n) is 2.19. The van der Waals surface area contributed by atoms with Gasteiger partial charge in [-0.3, -0.25) is 0 Å². The van der Waals surface area contributed by atoms with E-state index in [-0.39, 0.29) is 25.6 Å². The zero-order chi connectivity index (χ0) is 8.97. The summed E-state index contributed by atoms with van der Waals surface area (Å²) in [7, 11) is 0. The molecule has 3 nitrogen and oxygen atoms in total. The van der Waals surface area contributed by atoms with Crippen LogP contribution < -0.4 is 5.73 Å². The smallest absolute Gasteiger partial charge is 0.0459 e. The van der Waals surface area contributed by atoms with Crippen molar-refractivity contribution >= 4 is 12.4 Å². The van der Waals surface area contributed by atoms with Crippen LogP contribution in [0.1, 0.15) is 19.3 Å². The van der Waals surface area contributed by atoms with Gasteiger partial charge in [-0.15, -0.1) is 12.4 Å². The summed E-state index contributed by atoms with van der Waals surface area (Å²) >= 11 is 0. The van der Waals surface area contributed by atoms with E-state index in [1.807, 2.05) is 0 Å². The van der Waals surface area contributed by atoms with Gasteiger partial charge < -0.3 is 15.9 Å². The predicted octanol–water partition coefficient (Wildman–Crippen LogP) is 0.384. The molecule has 1 saturated carbocycles. The Kier molecular flexibility index (Phi) is 6.68. The lowest BCUT2D eigenvalue weighted by Crippen LogP contribution is -2.30. The van der Waals surface area contributed by atoms with Gasteiger partial charge in [-0.25, -0.2) is 0 Å². The minimum atomic E-state index is 0. The molecule has 0 spiro atoms. The molecule has 1 fully saturated rings. The molecule has 0 aliphatic heterocycles. The summed E-state index contributed by atoms with van der Waals surface area (Å²) in [4.78, 5) is 0. The largest absolute Gasteiger partial charge is 0.396 e. The summed E-state index contributed by atoms with van der Waals surface area (Å²) in [5, 5.41) is 18.0. The zero-order valence-electron chi connectivity index (χ0n) is 7.85. The highest BCUT2D eigenvalue weighted by Gasteiger charge is 2.26. The third-order valence-electron chi connectivity index (χ3n) is 2.85. The monoisotopic (exact) mass is 209 g/mol. The van der Waals surface area contributed by atoms with Gasteiger partial charge in [-0.1, -0.05) is 0 Å². The van der Waals surface area contributed by atoms with Crippen LogP contribution in [0.5, 0.6) is 0 Å². The molecule has 0 amide bonds. The maximum atomic E-state index is 9.00. The van der Waals surface area contributed by atoms with Crippen molar-refractivity contribution in [1.29, 1.82) is 0 Å². The van der Waals surface area contributed by atoms with Crippen LogP contribution in [0.25, 0.3) is 0 Å². The van der Waals surface area contributed by atoms with Crippen LogP contribution in [0.3, 0.4) is 0 Å². The highest BCUT2D eigenvalue weighted by molar-refractivity contribution is 5.85. The highest BCUT2D eigenvalue weighted by atomic mass is 35.5. The molecule has 2 unspecified atom stereocenters. The Morgan fingerprint density at radius 2 is 1.31 bits per heavy atom. The van der Waals surface area contributed by atoms with Gasteiger partial charge in [0.25, 0.3) is 0 Å². The Balaban J connectivity index is 0.00000144. The van der Waals surface area contributed by atoms with Crippen LogP contribution in [-0.2, 0) is 0 Å². The first-order valence-corrected chi connectivity index (χ1v) is 4.71. The Morgan fingerprint density at radius 3 is 1.62 bits per heavy atom. The van der Waals surface area contributed by atoms with Crippen LogP contribution in [0, 0.1) is 17.8 Å². The predicted molar refractivity (Wildman–Crippen MR) is 54.8 cm³/mol. The molecule has 0 aromatic carbocycles. The second-order valence-corrected chi connectivity index (χ2v) is 3.91. The van der Waals surface area contributed by atoms with E-state index in [2.05, 4.69) is 0 Å². The molecule has 1 aliphatic rings. The van der Waals surface area contributed by atoms with Crippen molar-refractivity contribution in [3.63, 3.8) is 0 Å². The molecule has 80 valence electrons. The molecule has 0 radical (unpaired) electrons.